The minimum absolute atomic E-state index is 0.532. The third-order valence-electron chi connectivity index (χ3n) is 4.02. The molecule has 0 spiro atoms. The van der Waals surface area contributed by atoms with Crippen molar-refractivity contribution in [1.82, 2.24) is 9.97 Å². The number of nitrogens with zero attached hydrogens (tertiary/aromatic N) is 3. The summed E-state index contributed by atoms with van der Waals surface area (Å²) in [6.07, 6.45) is 3.51. The minimum Gasteiger partial charge on any atom is -0.390 e. The number of aryl methyl sites for hydroxylation is 1. The lowest BCUT2D eigenvalue weighted by atomic mass is 9.94. The summed E-state index contributed by atoms with van der Waals surface area (Å²) in [5, 5.41) is 13.2. The van der Waals surface area contributed by atoms with Gasteiger partial charge < -0.3 is 15.3 Å². The number of hydrogen-bond donors (Lipinski definition) is 2. The highest BCUT2D eigenvalue weighted by Gasteiger charge is 2.29. The highest BCUT2D eigenvalue weighted by atomic mass is 16.3. The zero-order chi connectivity index (χ0) is 14.8. The SMILES string of the molecule is CCCc1nc(NC)c(C)c(N2CCC(C)(O)CC2)n1. The number of nitrogens with one attached hydrogen (secondary N) is 1. The van der Waals surface area contributed by atoms with Gasteiger partial charge in [-0.1, -0.05) is 6.92 Å². The predicted octanol–water partition coefficient (Wildman–Crippen LogP) is 2.13. The van der Waals surface area contributed by atoms with Gasteiger partial charge in [-0.15, -0.1) is 0 Å². The Morgan fingerprint density at radius 3 is 2.50 bits per heavy atom. The van der Waals surface area contributed by atoms with E-state index in [-0.39, 0.29) is 0 Å². The van der Waals surface area contributed by atoms with Crippen LogP contribution in [0.2, 0.25) is 0 Å². The topological polar surface area (TPSA) is 61.3 Å². The maximum absolute atomic E-state index is 10.1. The summed E-state index contributed by atoms with van der Waals surface area (Å²) in [7, 11) is 1.90. The largest absolute Gasteiger partial charge is 0.390 e. The summed E-state index contributed by atoms with van der Waals surface area (Å²) in [5.74, 6) is 2.83. The standard InChI is InChI=1S/C15H26N4O/c1-5-6-12-17-13(16-4)11(2)14(18-12)19-9-7-15(3,20)8-10-19/h20H,5-10H2,1-4H3,(H,16,17,18). The van der Waals surface area contributed by atoms with E-state index >= 15 is 0 Å². The van der Waals surface area contributed by atoms with E-state index in [1.54, 1.807) is 0 Å². The van der Waals surface area contributed by atoms with E-state index in [2.05, 4.69) is 29.0 Å². The molecule has 5 nitrogen and oxygen atoms in total. The Morgan fingerprint density at radius 1 is 1.30 bits per heavy atom. The molecular formula is C15H26N4O. The van der Waals surface area contributed by atoms with Gasteiger partial charge in [-0.3, -0.25) is 0 Å². The molecule has 0 unspecified atom stereocenters. The van der Waals surface area contributed by atoms with E-state index in [4.69, 9.17) is 4.98 Å². The molecule has 0 aliphatic carbocycles. The smallest absolute Gasteiger partial charge is 0.137 e. The van der Waals surface area contributed by atoms with E-state index in [1.807, 2.05) is 14.0 Å². The fraction of sp³-hybridized carbons (Fsp3) is 0.733. The fourth-order valence-electron chi connectivity index (χ4n) is 2.64. The highest BCUT2D eigenvalue weighted by Crippen LogP contribution is 2.29. The molecule has 1 aliphatic heterocycles. The van der Waals surface area contributed by atoms with Gasteiger partial charge in [-0.2, -0.15) is 0 Å². The molecule has 112 valence electrons. The van der Waals surface area contributed by atoms with Crippen molar-refractivity contribution in [2.45, 2.75) is 52.1 Å². The van der Waals surface area contributed by atoms with Crippen LogP contribution in [0.15, 0.2) is 0 Å². The highest BCUT2D eigenvalue weighted by molar-refractivity contribution is 5.58. The second-order valence-electron chi connectivity index (χ2n) is 5.92. The van der Waals surface area contributed by atoms with Crippen molar-refractivity contribution < 1.29 is 5.11 Å². The first-order chi connectivity index (χ1) is 9.46. The Labute approximate surface area is 121 Å². The summed E-state index contributed by atoms with van der Waals surface area (Å²) in [4.78, 5) is 11.6. The molecule has 1 saturated heterocycles. The van der Waals surface area contributed by atoms with Crippen LogP contribution < -0.4 is 10.2 Å². The molecule has 2 rings (SSSR count). The average molecular weight is 278 g/mol. The molecule has 0 radical (unpaired) electrons. The Bertz CT molecular complexity index is 463. The lowest BCUT2D eigenvalue weighted by Gasteiger charge is -2.37. The van der Waals surface area contributed by atoms with Gasteiger partial charge in [0.05, 0.1) is 5.60 Å². The number of hydrogen-bond acceptors (Lipinski definition) is 5. The average Bonchev–Trinajstić information content (AvgIpc) is 2.41. The number of rotatable bonds is 4. The van der Waals surface area contributed by atoms with E-state index in [1.165, 1.54) is 0 Å². The van der Waals surface area contributed by atoms with Crippen molar-refractivity contribution in [1.29, 1.82) is 0 Å². The molecule has 0 saturated carbocycles. The van der Waals surface area contributed by atoms with Crippen LogP contribution in [0.1, 0.15) is 44.5 Å². The van der Waals surface area contributed by atoms with Crippen molar-refractivity contribution in [2.24, 2.45) is 0 Å². The van der Waals surface area contributed by atoms with Crippen LogP contribution in [0.5, 0.6) is 0 Å². The lowest BCUT2D eigenvalue weighted by Crippen LogP contribution is -2.43. The molecule has 2 heterocycles. The molecule has 1 aromatic rings. The van der Waals surface area contributed by atoms with Crippen LogP contribution in [0.4, 0.5) is 11.6 Å². The zero-order valence-corrected chi connectivity index (χ0v) is 13.0. The van der Waals surface area contributed by atoms with Crippen LogP contribution in [0, 0.1) is 6.92 Å². The fourth-order valence-corrected chi connectivity index (χ4v) is 2.64. The zero-order valence-electron chi connectivity index (χ0n) is 13.0. The summed E-state index contributed by atoms with van der Waals surface area (Å²) >= 11 is 0. The van der Waals surface area contributed by atoms with Gasteiger partial charge in [-0.05, 0) is 33.1 Å². The Morgan fingerprint density at radius 2 is 1.95 bits per heavy atom. The quantitative estimate of drug-likeness (QED) is 0.883. The first kappa shape index (κ1) is 15.0. The number of piperidine rings is 1. The first-order valence-corrected chi connectivity index (χ1v) is 7.49. The van der Waals surface area contributed by atoms with Crippen LogP contribution in [-0.4, -0.2) is 40.8 Å². The molecule has 0 bridgehead atoms. The van der Waals surface area contributed by atoms with E-state index in [0.717, 1.165) is 61.8 Å². The summed E-state index contributed by atoms with van der Waals surface area (Å²) in [6.45, 7) is 7.81. The Kier molecular flexibility index (Phi) is 4.48. The summed E-state index contributed by atoms with van der Waals surface area (Å²) in [6, 6.07) is 0. The minimum atomic E-state index is -0.532. The lowest BCUT2D eigenvalue weighted by molar-refractivity contribution is 0.0350. The van der Waals surface area contributed by atoms with Crippen molar-refractivity contribution >= 4 is 11.6 Å². The second-order valence-corrected chi connectivity index (χ2v) is 5.92. The van der Waals surface area contributed by atoms with Crippen LogP contribution >= 0.6 is 0 Å². The number of aromatic nitrogens is 2. The van der Waals surface area contributed by atoms with Crippen LogP contribution in [-0.2, 0) is 6.42 Å². The predicted molar refractivity (Wildman–Crippen MR) is 82.4 cm³/mol. The maximum atomic E-state index is 10.1. The summed E-state index contributed by atoms with van der Waals surface area (Å²) in [5.41, 5.74) is 0.559. The van der Waals surface area contributed by atoms with Gasteiger partial charge in [0.25, 0.3) is 0 Å². The molecule has 1 aliphatic rings. The Hall–Kier alpha value is -1.36. The van der Waals surface area contributed by atoms with Gasteiger partial charge in [0.2, 0.25) is 0 Å². The molecule has 5 heteroatoms. The molecule has 1 fully saturated rings. The van der Waals surface area contributed by atoms with Gasteiger partial charge in [0.1, 0.15) is 17.5 Å². The van der Waals surface area contributed by atoms with Crippen molar-refractivity contribution in [3.05, 3.63) is 11.4 Å². The molecular weight excluding hydrogens is 252 g/mol. The van der Waals surface area contributed by atoms with Crippen molar-refractivity contribution in [3.8, 4) is 0 Å². The molecule has 0 amide bonds. The van der Waals surface area contributed by atoms with E-state index in [0.29, 0.717) is 0 Å². The summed E-state index contributed by atoms with van der Waals surface area (Å²) < 4.78 is 0. The third kappa shape index (κ3) is 3.20. The monoisotopic (exact) mass is 278 g/mol. The van der Waals surface area contributed by atoms with Crippen molar-refractivity contribution in [3.63, 3.8) is 0 Å². The van der Waals surface area contributed by atoms with Gasteiger partial charge in [0.15, 0.2) is 0 Å². The third-order valence-corrected chi connectivity index (χ3v) is 4.02. The molecule has 2 N–H and O–H groups in total. The molecule has 0 atom stereocenters. The van der Waals surface area contributed by atoms with Crippen LogP contribution in [0.25, 0.3) is 0 Å². The normalized spacial score (nSPS) is 18.1. The first-order valence-electron chi connectivity index (χ1n) is 7.49. The number of aliphatic hydroxyl groups is 1. The number of anilines is 2. The molecule has 20 heavy (non-hydrogen) atoms. The Balaban J connectivity index is 2.28. The second kappa shape index (κ2) is 5.95. The van der Waals surface area contributed by atoms with Gasteiger partial charge in [-0.25, -0.2) is 9.97 Å². The molecule has 1 aromatic heterocycles. The van der Waals surface area contributed by atoms with Crippen molar-refractivity contribution in [2.75, 3.05) is 30.4 Å². The van der Waals surface area contributed by atoms with Gasteiger partial charge in [0, 0.05) is 32.1 Å². The van der Waals surface area contributed by atoms with Crippen LogP contribution in [0.3, 0.4) is 0 Å². The van der Waals surface area contributed by atoms with Gasteiger partial charge >= 0.3 is 0 Å². The van der Waals surface area contributed by atoms with E-state index in [9.17, 15) is 5.11 Å². The maximum Gasteiger partial charge on any atom is 0.137 e. The molecule has 0 aromatic carbocycles. The van der Waals surface area contributed by atoms with E-state index < -0.39 is 5.60 Å².